The second kappa shape index (κ2) is 3.87. The summed E-state index contributed by atoms with van der Waals surface area (Å²) in [5.41, 5.74) is 1.89. The normalized spacial score (nSPS) is 10.0. The van der Waals surface area contributed by atoms with E-state index in [2.05, 4.69) is 38.5 Å². The summed E-state index contributed by atoms with van der Waals surface area (Å²) in [4.78, 5) is 11.1. The minimum atomic E-state index is 0.0985. The maximum Gasteiger partial charge on any atom is 0.160 e. The van der Waals surface area contributed by atoms with Gasteiger partial charge in [-0.3, -0.25) is 4.79 Å². The molecular formula is C9H8BrIO. The van der Waals surface area contributed by atoms with Crippen LogP contribution < -0.4 is 0 Å². The third-order valence-corrected chi connectivity index (χ3v) is 3.89. The van der Waals surface area contributed by atoms with Crippen molar-refractivity contribution in [1.29, 1.82) is 0 Å². The number of Topliss-reactive ketones (excluding diaryl/α,β-unsaturated/α-hetero) is 1. The monoisotopic (exact) mass is 338 g/mol. The fourth-order valence-electron chi connectivity index (χ4n) is 0.933. The summed E-state index contributed by atoms with van der Waals surface area (Å²) in [6, 6.07) is 3.80. The second-order valence-corrected chi connectivity index (χ2v) is 4.55. The molecule has 0 aliphatic carbocycles. The molecule has 0 N–H and O–H groups in total. The average molecular weight is 339 g/mol. The highest BCUT2D eigenvalue weighted by molar-refractivity contribution is 14.1. The summed E-state index contributed by atoms with van der Waals surface area (Å²) in [6.07, 6.45) is 0. The van der Waals surface area contributed by atoms with Crippen molar-refractivity contribution in [2.45, 2.75) is 13.8 Å². The Morgan fingerprint density at radius 2 is 2.08 bits per heavy atom. The first-order valence-corrected chi connectivity index (χ1v) is 5.36. The first kappa shape index (κ1) is 10.2. The van der Waals surface area contributed by atoms with Crippen LogP contribution in [0.15, 0.2) is 16.6 Å². The van der Waals surface area contributed by atoms with E-state index in [-0.39, 0.29) is 5.78 Å². The molecule has 0 bridgehead atoms. The first-order chi connectivity index (χ1) is 5.54. The SMILES string of the molecule is CC(=O)c1ccc(I)c(C)c1Br. The summed E-state index contributed by atoms with van der Waals surface area (Å²) < 4.78 is 2.09. The maximum absolute atomic E-state index is 11.1. The van der Waals surface area contributed by atoms with Crippen molar-refractivity contribution in [3.63, 3.8) is 0 Å². The molecule has 1 aromatic carbocycles. The van der Waals surface area contributed by atoms with Crippen LogP contribution in [-0.4, -0.2) is 5.78 Å². The van der Waals surface area contributed by atoms with Crippen LogP contribution in [0.2, 0.25) is 0 Å². The first-order valence-electron chi connectivity index (χ1n) is 3.49. The van der Waals surface area contributed by atoms with Gasteiger partial charge in [-0.15, -0.1) is 0 Å². The largest absolute Gasteiger partial charge is 0.294 e. The molecule has 1 aromatic rings. The van der Waals surface area contributed by atoms with E-state index in [1.54, 1.807) is 6.92 Å². The molecule has 0 saturated heterocycles. The predicted molar refractivity (Wildman–Crippen MR) is 61.6 cm³/mol. The van der Waals surface area contributed by atoms with Crippen LogP contribution in [-0.2, 0) is 0 Å². The van der Waals surface area contributed by atoms with Crippen LogP contribution in [0.3, 0.4) is 0 Å². The molecule has 0 aromatic heterocycles. The Hall–Kier alpha value is 0.1000. The lowest BCUT2D eigenvalue weighted by molar-refractivity contribution is 0.101. The summed E-state index contributed by atoms with van der Waals surface area (Å²) in [5.74, 6) is 0.0985. The number of hydrogen-bond donors (Lipinski definition) is 0. The summed E-state index contributed by atoms with van der Waals surface area (Å²) in [6.45, 7) is 3.57. The number of ketones is 1. The minimum absolute atomic E-state index is 0.0985. The van der Waals surface area contributed by atoms with Gasteiger partial charge >= 0.3 is 0 Å². The van der Waals surface area contributed by atoms with Crippen LogP contribution in [0.4, 0.5) is 0 Å². The Kier molecular flexibility index (Phi) is 3.29. The molecule has 0 aliphatic rings. The molecule has 0 saturated carbocycles. The van der Waals surface area contributed by atoms with Crippen LogP contribution in [0.25, 0.3) is 0 Å². The highest BCUT2D eigenvalue weighted by atomic mass is 127. The summed E-state index contributed by atoms with van der Waals surface area (Å²) in [7, 11) is 0. The molecule has 0 radical (unpaired) electrons. The zero-order valence-corrected chi connectivity index (χ0v) is 10.6. The van der Waals surface area contributed by atoms with E-state index in [4.69, 9.17) is 0 Å². The fourth-order valence-corrected chi connectivity index (χ4v) is 2.38. The number of benzene rings is 1. The number of halogens is 2. The standard InChI is InChI=1S/C9H8BrIO/c1-5-8(11)4-3-7(6(2)12)9(5)10/h3-4H,1-2H3. The van der Waals surface area contributed by atoms with E-state index in [0.29, 0.717) is 0 Å². The lowest BCUT2D eigenvalue weighted by Crippen LogP contribution is -1.96. The Morgan fingerprint density at radius 1 is 1.50 bits per heavy atom. The van der Waals surface area contributed by atoms with Crippen molar-refractivity contribution in [2.24, 2.45) is 0 Å². The summed E-state index contributed by atoms with van der Waals surface area (Å²) >= 11 is 5.65. The zero-order chi connectivity index (χ0) is 9.30. The van der Waals surface area contributed by atoms with Crippen molar-refractivity contribution >= 4 is 44.3 Å². The second-order valence-electron chi connectivity index (χ2n) is 2.59. The van der Waals surface area contributed by atoms with E-state index in [1.807, 2.05) is 19.1 Å². The predicted octanol–water partition coefficient (Wildman–Crippen LogP) is 3.56. The van der Waals surface area contributed by atoms with E-state index in [1.165, 1.54) is 3.57 Å². The molecule has 0 unspecified atom stereocenters. The molecule has 1 nitrogen and oxygen atoms in total. The minimum Gasteiger partial charge on any atom is -0.294 e. The molecule has 0 amide bonds. The van der Waals surface area contributed by atoms with Gasteiger partial charge in [-0.1, -0.05) is 0 Å². The van der Waals surface area contributed by atoms with Gasteiger partial charge in [0.25, 0.3) is 0 Å². The number of rotatable bonds is 1. The molecule has 3 heteroatoms. The van der Waals surface area contributed by atoms with Gasteiger partial charge in [-0.25, -0.2) is 0 Å². The van der Waals surface area contributed by atoms with Crippen molar-refractivity contribution in [3.05, 3.63) is 31.3 Å². The smallest absolute Gasteiger partial charge is 0.160 e. The Morgan fingerprint density at radius 3 is 2.58 bits per heavy atom. The van der Waals surface area contributed by atoms with E-state index in [0.717, 1.165) is 15.6 Å². The van der Waals surface area contributed by atoms with E-state index < -0.39 is 0 Å². The van der Waals surface area contributed by atoms with Gasteiger partial charge in [-0.05, 0) is 70.1 Å². The topological polar surface area (TPSA) is 17.1 Å². The van der Waals surface area contributed by atoms with Crippen molar-refractivity contribution in [1.82, 2.24) is 0 Å². The molecule has 0 spiro atoms. The van der Waals surface area contributed by atoms with Crippen LogP contribution in [0.1, 0.15) is 22.8 Å². The molecule has 0 heterocycles. The van der Waals surface area contributed by atoms with Gasteiger partial charge in [0.15, 0.2) is 5.78 Å². The van der Waals surface area contributed by atoms with Gasteiger partial charge < -0.3 is 0 Å². The zero-order valence-electron chi connectivity index (χ0n) is 6.82. The third-order valence-electron chi connectivity index (χ3n) is 1.70. The quantitative estimate of drug-likeness (QED) is 0.565. The fraction of sp³-hybridized carbons (Fsp3) is 0.222. The van der Waals surface area contributed by atoms with Gasteiger partial charge in [0.2, 0.25) is 0 Å². The molecule has 0 aliphatic heterocycles. The van der Waals surface area contributed by atoms with Gasteiger partial charge in [0, 0.05) is 13.6 Å². The number of hydrogen-bond acceptors (Lipinski definition) is 1. The molecule has 0 fully saturated rings. The Bertz CT molecular complexity index is 334. The van der Waals surface area contributed by atoms with Crippen molar-refractivity contribution < 1.29 is 4.79 Å². The van der Waals surface area contributed by atoms with Crippen LogP contribution >= 0.6 is 38.5 Å². The Labute approximate surface area is 93.8 Å². The van der Waals surface area contributed by atoms with Gasteiger partial charge in [-0.2, -0.15) is 0 Å². The lowest BCUT2D eigenvalue weighted by Gasteiger charge is -2.05. The highest BCUT2D eigenvalue weighted by Gasteiger charge is 2.08. The summed E-state index contributed by atoms with van der Waals surface area (Å²) in [5, 5.41) is 0. The van der Waals surface area contributed by atoms with Crippen molar-refractivity contribution in [2.75, 3.05) is 0 Å². The Balaban J connectivity index is 3.36. The van der Waals surface area contributed by atoms with Crippen molar-refractivity contribution in [3.8, 4) is 0 Å². The molecule has 12 heavy (non-hydrogen) atoms. The molecule has 64 valence electrons. The maximum atomic E-state index is 11.1. The van der Waals surface area contributed by atoms with Gasteiger partial charge in [0.05, 0.1) is 0 Å². The average Bonchev–Trinajstić information content (AvgIpc) is 2.00. The van der Waals surface area contributed by atoms with Crippen LogP contribution in [0.5, 0.6) is 0 Å². The van der Waals surface area contributed by atoms with E-state index in [9.17, 15) is 4.79 Å². The molecular weight excluding hydrogens is 331 g/mol. The van der Waals surface area contributed by atoms with Crippen LogP contribution in [0, 0.1) is 10.5 Å². The number of carbonyl (C=O) groups excluding carboxylic acids is 1. The van der Waals surface area contributed by atoms with E-state index >= 15 is 0 Å². The molecule has 1 rings (SSSR count). The number of carbonyl (C=O) groups is 1. The van der Waals surface area contributed by atoms with Gasteiger partial charge in [0.1, 0.15) is 0 Å². The molecule has 0 atom stereocenters. The third kappa shape index (κ3) is 1.88. The highest BCUT2D eigenvalue weighted by Crippen LogP contribution is 2.25. The lowest BCUT2D eigenvalue weighted by atomic mass is 10.1.